The minimum Gasteiger partial charge on any atom is -0.340 e. The fourth-order valence-electron chi connectivity index (χ4n) is 2.58. The minimum atomic E-state index is -0.0883. The molecule has 0 saturated carbocycles. The summed E-state index contributed by atoms with van der Waals surface area (Å²) in [7, 11) is 0. The first-order chi connectivity index (χ1) is 11.1. The maximum absolute atomic E-state index is 12.0. The molecule has 7 nitrogen and oxygen atoms in total. The van der Waals surface area contributed by atoms with Gasteiger partial charge in [-0.3, -0.25) is 9.69 Å². The smallest absolute Gasteiger partial charge is 0.241 e. The second-order valence-corrected chi connectivity index (χ2v) is 6.78. The molecule has 2 aromatic rings. The number of rotatable bonds is 5. The van der Waals surface area contributed by atoms with Crippen LogP contribution in [0.4, 0.5) is 0 Å². The van der Waals surface area contributed by atoms with Gasteiger partial charge >= 0.3 is 0 Å². The number of amides is 1. The van der Waals surface area contributed by atoms with Crippen LogP contribution in [-0.4, -0.2) is 58.1 Å². The molecule has 1 aliphatic rings. The van der Waals surface area contributed by atoms with Crippen molar-refractivity contribution in [3.63, 3.8) is 0 Å². The van der Waals surface area contributed by atoms with Gasteiger partial charge < -0.3 is 15.2 Å². The molecule has 124 valence electrons. The lowest BCUT2D eigenvalue weighted by Crippen LogP contribution is -2.49. The predicted octanol–water partition coefficient (Wildman–Crippen LogP) is 1.18. The van der Waals surface area contributed by atoms with Gasteiger partial charge in [0.1, 0.15) is 0 Å². The van der Waals surface area contributed by atoms with E-state index in [9.17, 15) is 4.79 Å². The third-order valence-corrected chi connectivity index (χ3v) is 4.66. The van der Waals surface area contributed by atoms with Crippen LogP contribution in [0.5, 0.6) is 0 Å². The normalized spacial score (nSPS) is 17.4. The summed E-state index contributed by atoms with van der Waals surface area (Å²) in [6, 6.07) is 3.85. The van der Waals surface area contributed by atoms with E-state index in [-0.39, 0.29) is 11.9 Å². The molecular formula is C15H21N5O2S. The largest absolute Gasteiger partial charge is 0.340 e. The number of nitrogens with two attached hydrogens (primary N) is 1. The number of thiophene rings is 1. The number of hydrogen-bond acceptors (Lipinski definition) is 7. The number of carbonyl (C=O) groups excluding carboxylic acids is 1. The SMILES string of the molecule is CC(N)CC(=O)N1CCN(Cc2nc(-c3cccs3)no2)CC1. The zero-order chi connectivity index (χ0) is 16.2. The van der Waals surface area contributed by atoms with Gasteiger partial charge in [-0.2, -0.15) is 4.98 Å². The summed E-state index contributed by atoms with van der Waals surface area (Å²) in [5.74, 6) is 1.39. The van der Waals surface area contributed by atoms with E-state index >= 15 is 0 Å². The van der Waals surface area contributed by atoms with Crippen LogP contribution in [0.2, 0.25) is 0 Å². The topological polar surface area (TPSA) is 88.5 Å². The van der Waals surface area contributed by atoms with Gasteiger partial charge in [-0.15, -0.1) is 11.3 Å². The highest BCUT2D eigenvalue weighted by atomic mass is 32.1. The van der Waals surface area contributed by atoms with Crippen LogP contribution in [0.25, 0.3) is 10.7 Å². The molecule has 1 amide bonds. The van der Waals surface area contributed by atoms with Crippen molar-refractivity contribution in [3.05, 3.63) is 23.4 Å². The molecule has 2 aromatic heterocycles. The van der Waals surface area contributed by atoms with Gasteiger partial charge in [0.25, 0.3) is 0 Å². The van der Waals surface area contributed by atoms with Crippen LogP contribution < -0.4 is 5.73 Å². The first-order valence-electron chi connectivity index (χ1n) is 7.74. The molecule has 23 heavy (non-hydrogen) atoms. The van der Waals surface area contributed by atoms with Crippen molar-refractivity contribution in [2.75, 3.05) is 26.2 Å². The Hall–Kier alpha value is -1.77. The zero-order valence-electron chi connectivity index (χ0n) is 13.1. The average Bonchev–Trinajstić information content (AvgIpc) is 3.18. The van der Waals surface area contributed by atoms with Gasteiger partial charge in [0.2, 0.25) is 17.6 Å². The Bertz CT molecular complexity index is 632. The van der Waals surface area contributed by atoms with Crippen molar-refractivity contribution in [2.24, 2.45) is 5.73 Å². The van der Waals surface area contributed by atoms with Crippen LogP contribution in [-0.2, 0) is 11.3 Å². The van der Waals surface area contributed by atoms with E-state index in [1.807, 2.05) is 29.3 Å². The average molecular weight is 335 g/mol. The van der Waals surface area contributed by atoms with E-state index in [0.29, 0.717) is 24.7 Å². The molecule has 1 unspecified atom stereocenters. The molecule has 3 heterocycles. The third-order valence-electron chi connectivity index (χ3n) is 3.79. The van der Waals surface area contributed by atoms with E-state index in [0.717, 1.165) is 31.1 Å². The standard InChI is InChI=1S/C15H21N5O2S/c1-11(16)9-14(21)20-6-4-19(5-7-20)10-13-17-15(18-22-13)12-3-2-8-23-12/h2-3,8,11H,4-7,9-10,16H2,1H3. The van der Waals surface area contributed by atoms with Gasteiger partial charge in [0, 0.05) is 38.6 Å². The molecule has 1 aliphatic heterocycles. The lowest BCUT2D eigenvalue weighted by atomic mass is 10.2. The Balaban J connectivity index is 1.50. The predicted molar refractivity (Wildman–Crippen MR) is 87.7 cm³/mol. The van der Waals surface area contributed by atoms with E-state index in [2.05, 4.69) is 15.0 Å². The van der Waals surface area contributed by atoms with Crippen molar-refractivity contribution >= 4 is 17.2 Å². The number of piperazine rings is 1. The molecule has 8 heteroatoms. The lowest BCUT2D eigenvalue weighted by molar-refractivity contribution is -0.133. The molecule has 1 atom stereocenters. The Labute approximate surface area is 139 Å². The van der Waals surface area contributed by atoms with Crippen LogP contribution in [0, 0.1) is 0 Å². The van der Waals surface area contributed by atoms with Crippen LogP contribution in [0.15, 0.2) is 22.0 Å². The highest BCUT2D eigenvalue weighted by Crippen LogP contribution is 2.21. The number of hydrogen-bond donors (Lipinski definition) is 1. The van der Waals surface area contributed by atoms with Crippen LogP contribution in [0.3, 0.4) is 0 Å². The molecule has 0 spiro atoms. The van der Waals surface area contributed by atoms with Gasteiger partial charge in [0.05, 0.1) is 11.4 Å². The van der Waals surface area contributed by atoms with E-state index in [1.54, 1.807) is 11.3 Å². The minimum absolute atomic E-state index is 0.0883. The molecule has 1 fully saturated rings. The number of carbonyl (C=O) groups is 1. The molecule has 0 radical (unpaired) electrons. The summed E-state index contributed by atoms with van der Waals surface area (Å²) in [5, 5.41) is 6.01. The molecule has 1 saturated heterocycles. The Morgan fingerprint density at radius 3 is 2.87 bits per heavy atom. The summed E-state index contributed by atoms with van der Waals surface area (Å²) in [6.45, 7) is 5.53. The van der Waals surface area contributed by atoms with Gasteiger partial charge in [-0.1, -0.05) is 11.2 Å². The molecule has 2 N–H and O–H groups in total. The number of aromatic nitrogens is 2. The van der Waals surface area contributed by atoms with Crippen LogP contribution >= 0.6 is 11.3 Å². The molecular weight excluding hydrogens is 314 g/mol. The Morgan fingerprint density at radius 2 is 2.22 bits per heavy atom. The van der Waals surface area contributed by atoms with Crippen molar-refractivity contribution < 1.29 is 9.32 Å². The van der Waals surface area contributed by atoms with Gasteiger partial charge in [-0.05, 0) is 18.4 Å². The maximum atomic E-state index is 12.0. The van der Waals surface area contributed by atoms with Crippen molar-refractivity contribution in [3.8, 4) is 10.7 Å². The maximum Gasteiger partial charge on any atom is 0.241 e. The second kappa shape index (κ2) is 7.20. The van der Waals surface area contributed by atoms with Crippen molar-refractivity contribution in [1.82, 2.24) is 19.9 Å². The van der Waals surface area contributed by atoms with Gasteiger partial charge in [-0.25, -0.2) is 0 Å². The van der Waals surface area contributed by atoms with Crippen molar-refractivity contribution in [2.45, 2.75) is 25.9 Å². The second-order valence-electron chi connectivity index (χ2n) is 5.83. The van der Waals surface area contributed by atoms with E-state index in [1.165, 1.54) is 0 Å². The van der Waals surface area contributed by atoms with E-state index < -0.39 is 0 Å². The third kappa shape index (κ3) is 4.15. The van der Waals surface area contributed by atoms with E-state index in [4.69, 9.17) is 10.3 Å². The lowest BCUT2D eigenvalue weighted by Gasteiger charge is -2.34. The summed E-state index contributed by atoms with van der Waals surface area (Å²) in [5.41, 5.74) is 5.69. The summed E-state index contributed by atoms with van der Waals surface area (Å²) < 4.78 is 5.32. The molecule has 3 rings (SSSR count). The number of nitrogens with zero attached hydrogens (tertiary/aromatic N) is 4. The fourth-order valence-corrected chi connectivity index (χ4v) is 3.23. The molecule has 0 bridgehead atoms. The van der Waals surface area contributed by atoms with Crippen LogP contribution in [0.1, 0.15) is 19.2 Å². The zero-order valence-corrected chi connectivity index (χ0v) is 14.0. The van der Waals surface area contributed by atoms with Crippen molar-refractivity contribution in [1.29, 1.82) is 0 Å². The Morgan fingerprint density at radius 1 is 1.43 bits per heavy atom. The molecule has 0 aliphatic carbocycles. The summed E-state index contributed by atoms with van der Waals surface area (Å²) in [6.07, 6.45) is 0.411. The quantitative estimate of drug-likeness (QED) is 0.883. The summed E-state index contributed by atoms with van der Waals surface area (Å²) in [4.78, 5) is 21.5. The highest BCUT2D eigenvalue weighted by Gasteiger charge is 2.23. The molecule has 0 aromatic carbocycles. The first kappa shape index (κ1) is 16.1. The monoisotopic (exact) mass is 335 g/mol. The first-order valence-corrected chi connectivity index (χ1v) is 8.62. The summed E-state index contributed by atoms with van der Waals surface area (Å²) >= 11 is 1.59. The Kier molecular flexibility index (Phi) is 5.04. The van der Waals surface area contributed by atoms with Gasteiger partial charge in [0.15, 0.2) is 0 Å². The fraction of sp³-hybridized carbons (Fsp3) is 0.533. The highest BCUT2D eigenvalue weighted by molar-refractivity contribution is 7.13.